The molecule has 2 aromatic carbocycles. The number of benzene rings is 2. The maximum atomic E-state index is 11.1. The van der Waals surface area contributed by atoms with Crippen LogP contribution in [0.25, 0.3) is 33.2 Å². The van der Waals surface area contributed by atoms with E-state index in [4.69, 9.17) is 14.7 Å². The van der Waals surface area contributed by atoms with Gasteiger partial charge >= 0.3 is 0 Å². The topological polar surface area (TPSA) is 155 Å². The number of anilines is 5. The largest absolute Gasteiger partial charge is 0.755 e. The van der Waals surface area contributed by atoms with Crippen LogP contribution in [0.2, 0.25) is 0 Å². The van der Waals surface area contributed by atoms with E-state index in [1.807, 2.05) is 47.9 Å². The number of imidazole rings is 1. The van der Waals surface area contributed by atoms with E-state index in [1.54, 1.807) is 43.2 Å². The number of hydrogen-bond donors (Lipinski definition) is 3. The average Bonchev–Trinajstić information content (AvgIpc) is 3.48. The first kappa shape index (κ1) is 27.8. The van der Waals surface area contributed by atoms with Crippen molar-refractivity contribution in [2.75, 3.05) is 22.0 Å². The fraction of sp³-hybridized carbons (Fsp3) is 0.194. The molecule has 222 valence electrons. The fourth-order valence-corrected chi connectivity index (χ4v) is 5.86. The number of rotatable bonds is 8. The Bertz CT molecular complexity index is 2010. The van der Waals surface area contributed by atoms with E-state index in [9.17, 15) is 8.76 Å². The first-order chi connectivity index (χ1) is 21.5. The predicted octanol–water partition coefficient (Wildman–Crippen LogP) is 6.14. The molecule has 0 saturated carbocycles. The van der Waals surface area contributed by atoms with Crippen LogP contribution in [-0.4, -0.2) is 44.9 Å². The monoisotopic (exact) mass is 606 g/mol. The van der Waals surface area contributed by atoms with Crippen molar-refractivity contribution in [3.05, 3.63) is 85.2 Å². The van der Waals surface area contributed by atoms with Gasteiger partial charge < -0.3 is 24.6 Å². The number of aromatic nitrogens is 6. The van der Waals surface area contributed by atoms with Gasteiger partial charge in [-0.25, -0.2) is 24.9 Å². The molecule has 4 aromatic heterocycles. The highest BCUT2D eigenvalue weighted by atomic mass is 32.2. The molecule has 7 rings (SSSR count). The molecule has 13 heteroatoms. The number of aryl methyl sites for hydroxylation is 1. The first-order valence-corrected chi connectivity index (χ1v) is 15.3. The SMILES string of the molecule is Cc1ccc2c(Nc3cccc(NS(=O)[O-])c3)nccc2c1Nc1ncccc1-c1ncnc2c1ncn2C1CCCCO1. The molecule has 2 unspecified atom stereocenters. The quantitative estimate of drug-likeness (QED) is 0.172. The number of ether oxygens (including phenoxy) is 1. The minimum absolute atomic E-state index is 0.0906. The summed E-state index contributed by atoms with van der Waals surface area (Å²) < 4.78 is 32.6. The van der Waals surface area contributed by atoms with Crippen LogP contribution in [0.5, 0.6) is 0 Å². The van der Waals surface area contributed by atoms with E-state index in [0.717, 1.165) is 59.1 Å². The van der Waals surface area contributed by atoms with E-state index in [1.165, 1.54) is 0 Å². The Morgan fingerprint density at radius 2 is 1.80 bits per heavy atom. The van der Waals surface area contributed by atoms with Crippen LogP contribution in [0.3, 0.4) is 0 Å². The van der Waals surface area contributed by atoms with Crippen LogP contribution >= 0.6 is 0 Å². The van der Waals surface area contributed by atoms with Crippen molar-refractivity contribution < 1.29 is 13.5 Å². The Kier molecular flexibility index (Phi) is 7.56. The Balaban J connectivity index is 1.25. The van der Waals surface area contributed by atoms with Gasteiger partial charge in [0.05, 0.1) is 12.0 Å². The van der Waals surface area contributed by atoms with E-state index in [2.05, 4.69) is 30.3 Å². The van der Waals surface area contributed by atoms with Gasteiger partial charge in [-0.15, -0.1) is 0 Å². The summed E-state index contributed by atoms with van der Waals surface area (Å²) in [6, 6.07) is 16.8. The molecule has 3 N–H and O–H groups in total. The maximum absolute atomic E-state index is 11.1. The van der Waals surface area contributed by atoms with Gasteiger partial charge in [0.2, 0.25) is 0 Å². The first-order valence-electron chi connectivity index (χ1n) is 14.2. The Morgan fingerprint density at radius 3 is 2.66 bits per heavy atom. The molecule has 12 nitrogen and oxygen atoms in total. The zero-order chi connectivity index (χ0) is 30.0. The molecule has 5 heterocycles. The molecule has 0 radical (unpaired) electrons. The van der Waals surface area contributed by atoms with Crippen molar-refractivity contribution in [1.29, 1.82) is 0 Å². The van der Waals surface area contributed by atoms with Gasteiger partial charge in [-0.2, -0.15) is 0 Å². The standard InChI is InChI=1S/C31H29N9O3S/c1-19-10-11-23-22(12-14-33-29(23)37-20-6-4-7-21(16-20)39-44(41)42)26(19)38-30-24(8-5-13-32-30)27-28-31(35-17-34-27)40(18-36-28)25-9-2-3-15-43-25/h4-8,10-14,16-18,25,39H,2-3,9,15H2,1H3,(H,32,38)(H,33,37)(H,41,42)/p-1. The molecule has 0 spiro atoms. The van der Waals surface area contributed by atoms with Gasteiger partial charge in [-0.1, -0.05) is 18.2 Å². The molecular weight excluding hydrogens is 578 g/mol. The third-order valence-corrected chi connectivity index (χ3v) is 8.01. The van der Waals surface area contributed by atoms with Crippen molar-refractivity contribution in [2.24, 2.45) is 0 Å². The second-order valence-electron chi connectivity index (χ2n) is 10.4. The maximum Gasteiger partial charge on any atom is 0.165 e. The third-order valence-electron chi connectivity index (χ3n) is 7.61. The van der Waals surface area contributed by atoms with Gasteiger partial charge in [0, 0.05) is 58.0 Å². The van der Waals surface area contributed by atoms with Gasteiger partial charge in [0.15, 0.2) is 5.65 Å². The normalized spacial score (nSPS) is 15.7. The summed E-state index contributed by atoms with van der Waals surface area (Å²) >= 11 is -2.42. The summed E-state index contributed by atoms with van der Waals surface area (Å²) in [5, 5.41) is 8.70. The lowest BCUT2D eigenvalue weighted by molar-refractivity contribution is -0.0298. The molecule has 0 aliphatic carbocycles. The van der Waals surface area contributed by atoms with Crippen LogP contribution in [0.15, 0.2) is 79.6 Å². The lowest BCUT2D eigenvalue weighted by Gasteiger charge is -2.23. The number of hydrogen-bond acceptors (Lipinski definition) is 10. The van der Waals surface area contributed by atoms with Crippen LogP contribution in [-0.2, 0) is 16.0 Å². The number of fused-ring (bicyclic) bond motifs is 2. The number of pyridine rings is 2. The molecule has 1 aliphatic rings. The van der Waals surface area contributed by atoms with Gasteiger partial charge in [0.1, 0.15) is 35.4 Å². The molecule has 1 fully saturated rings. The predicted molar refractivity (Wildman–Crippen MR) is 169 cm³/mol. The van der Waals surface area contributed by atoms with E-state index in [0.29, 0.717) is 34.2 Å². The highest BCUT2D eigenvalue weighted by Gasteiger charge is 2.22. The van der Waals surface area contributed by atoms with Crippen molar-refractivity contribution in [3.63, 3.8) is 0 Å². The zero-order valence-electron chi connectivity index (χ0n) is 23.7. The van der Waals surface area contributed by atoms with E-state index < -0.39 is 11.3 Å². The summed E-state index contributed by atoms with van der Waals surface area (Å²) in [5.41, 5.74) is 5.89. The molecule has 1 aliphatic heterocycles. The molecular formula is C31H28N9O3S-. The molecule has 44 heavy (non-hydrogen) atoms. The minimum Gasteiger partial charge on any atom is -0.755 e. The average molecular weight is 607 g/mol. The Hall–Kier alpha value is -4.98. The molecule has 0 amide bonds. The Morgan fingerprint density at radius 1 is 0.909 bits per heavy atom. The molecule has 1 saturated heterocycles. The van der Waals surface area contributed by atoms with Crippen molar-refractivity contribution >= 4 is 61.9 Å². The summed E-state index contributed by atoms with van der Waals surface area (Å²) in [6.07, 6.45) is 9.80. The van der Waals surface area contributed by atoms with E-state index in [-0.39, 0.29) is 6.23 Å². The van der Waals surface area contributed by atoms with Crippen LogP contribution in [0.1, 0.15) is 31.1 Å². The Labute approximate surface area is 255 Å². The van der Waals surface area contributed by atoms with Crippen LogP contribution in [0, 0.1) is 6.92 Å². The smallest absolute Gasteiger partial charge is 0.165 e. The zero-order valence-corrected chi connectivity index (χ0v) is 24.5. The summed E-state index contributed by atoms with van der Waals surface area (Å²) in [6.45, 7) is 2.76. The second-order valence-corrected chi connectivity index (χ2v) is 11.1. The summed E-state index contributed by atoms with van der Waals surface area (Å²) in [5.74, 6) is 1.25. The molecule has 2 atom stereocenters. The summed E-state index contributed by atoms with van der Waals surface area (Å²) in [7, 11) is 0. The van der Waals surface area contributed by atoms with Gasteiger partial charge in [0.25, 0.3) is 0 Å². The van der Waals surface area contributed by atoms with Gasteiger partial charge in [-0.3, -0.25) is 8.78 Å². The second kappa shape index (κ2) is 12.0. The van der Waals surface area contributed by atoms with Crippen molar-refractivity contribution in [2.45, 2.75) is 32.4 Å². The number of nitrogens with one attached hydrogen (secondary N) is 3. The lowest BCUT2D eigenvalue weighted by atomic mass is 10.0. The lowest BCUT2D eigenvalue weighted by Crippen LogP contribution is -2.17. The molecule has 6 aromatic rings. The highest BCUT2D eigenvalue weighted by molar-refractivity contribution is 7.80. The van der Waals surface area contributed by atoms with Gasteiger partial charge in [-0.05, 0) is 68.1 Å². The fourth-order valence-electron chi connectivity index (χ4n) is 5.54. The van der Waals surface area contributed by atoms with Crippen molar-refractivity contribution in [3.8, 4) is 11.3 Å². The van der Waals surface area contributed by atoms with Crippen LogP contribution < -0.4 is 15.4 Å². The number of nitrogens with zero attached hydrogens (tertiary/aromatic N) is 6. The van der Waals surface area contributed by atoms with Crippen LogP contribution in [0.4, 0.5) is 28.7 Å². The minimum atomic E-state index is -2.42. The molecule has 0 bridgehead atoms. The summed E-state index contributed by atoms with van der Waals surface area (Å²) in [4.78, 5) is 23.2. The van der Waals surface area contributed by atoms with Crippen molar-refractivity contribution in [1.82, 2.24) is 29.5 Å². The van der Waals surface area contributed by atoms with E-state index >= 15 is 0 Å². The highest BCUT2D eigenvalue weighted by Crippen LogP contribution is 2.37. The third kappa shape index (κ3) is 5.43.